The first-order chi connectivity index (χ1) is 9.11. The lowest BCUT2D eigenvalue weighted by molar-refractivity contribution is 0.294. The van der Waals surface area contributed by atoms with Crippen molar-refractivity contribution < 1.29 is 13.9 Å². The van der Waals surface area contributed by atoms with Crippen LogP contribution in [0.2, 0.25) is 0 Å². The molecule has 1 aromatic carbocycles. The molecule has 1 aromatic heterocycles. The molecule has 0 atom stereocenters. The Hall–Kier alpha value is -1.82. The number of nitrogen functional groups attached to an aromatic ring is 1. The maximum atomic E-state index is 13.4. The molecule has 0 aliphatic carbocycles. The summed E-state index contributed by atoms with van der Waals surface area (Å²) in [4.78, 5) is 4.05. The number of nitrogens with two attached hydrogens (primary N) is 1. The molecular weight excluding hydrogens is 315 g/mol. The molecule has 100 valence electrons. The molecule has 1 heterocycles. The molecule has 4 nitrogen and oxygen atoms in total. The molecule has 0 saturated carbocycles. The molecule has 0 bridgehead atoms. The lowest BCUT2D eigenvalue weighted by Gasteiger charge is -2.11. The van der Waals surface area contributed by atoms with E-state index in [1.807, 2.05) is 6.07 Å². The summed E-state index contributed by atoms with van der Waals surface area (Å²) in [6.07, 6.45) is 1.62. The van der Waals surface area contributed by atoms with Crippen molar-refractivity contribution in [2.24, 2.45) is 0 Å². The van der Waals surface area contributed by atoms with Gasteiger partial charge in [0, 0.05) is 12.3 Å². The van der Waals surface area contributed by atoms with Crippen LogP contribution in [0.4, 0.5) is 10.1 Å². The molecule has 0 unspecified atom stereocenters. The van der Waals surface area contributed by atoms with Crippen molar-refractivity contribution in [2.45, 2.75) is 6.61 Å². The Morgan fingerprint density at radius 2 is 2.21 bits per heavy atom. The van der Waals surface area contributed by atoms with Crippen LogP contribution in [0.1, 0.15) is 5.56 Å². The maximum absolute atomic E-state index is 13.4. The Labute approximate surface area is 118 Å². The number of hydrogen-bond acceptors (Lipinski definition) is 4. The monoisotopic (exact) mass is 326 g/mol. The van der Waals surface area contributed by atoms with Gasteiger partial charge >= 0.3 is 0 Å². The van der Waals surface area contributed by atoms with E-state index in [1.165, 1.54) is 19.2 Å². The topological polar surface area (TPSA) is 57.4 Å². The molecule has 2 N–H and O–H groups in total. The van der Waals surface area contributed by atoms with Gasteiger partial charge in [-0.3, -0.25) is 0 Å². The largest absolute Gasteiger partial charge is 0.486 e. The van der Waals surface area contributed by atoms with E-state index in [0.29, 0.717) is 16.0 Å². The standard InChI is InChI=1S/C13H12BrFN2O2/c1-18-13-8(3-2-4-17-13)7-19-12-6-10(15)9(14)5-11(12)16/h2-6H,7,16H2,1H3. The Morgan fingerprint density at radius 3 is 2.95 bits per heavy atom. The highest BCUT2D eigenvalue weighted by Crippen LogP contribution is 2.29. The minimum Gasteiger partial charge on any atom is -0.486 e. The van der Waals surface area contributed by atoms with Gasteiger partial charge in [0.25, 0.3) is 0 Å². The summed E-state index contributed by atoms with van der Waals surface area (Å²) < 4.78 is 24.3. The van der Waals surface area contributed by atoms with Gasteiger partial charge in [-0.25, -0.2) is 9.37 Å². The van der Waals surface area contributed by atoms with Crippen LogP contribution < -0.4 is 15.2 Å². The van der Waals surface area contributed by atoms with Gasteiger partial charge in [0.2, 0.25) is 5.88 Å². The predicted octanol–water partition coefficient (Wildman–Crippen LogP) is 3.15. The predicted molar refractivity (Wildman–Crippen MR) is 73.6 cm³/mol. The van der Waals surface area contributed by atoms with Gasteiger partial charge in [-0.15, -0.1) is 0 Å². The van der Waals surface area contributed by atoms with E-state index in [4.69, 9.17) is 15.2 Å². The SMILES string of the molecule is COc1ncccc1COc1cc(F)c(Br)cc1N. The zero-order valence-corrected chi connectivity index (χ0v) is 11.8. The third kappa shape index (κ3) is 3.14. The van der Waals surface area contributed by atoms with Crippen molar-refractivity contribution in [2.75, 3.05) is 12.8 Å². The molecule has 0 fully saturated rings. The summed E-state index contributed by atoms with van der Waals surface area (Å²) in [6, 6.07) is 6.29. The van der Waals surface area contributed by atoms with Gasteiger partial charge in [0.15, 0.2) is 0 Å². The molecule has 2 aromatic rings. The van der Waals surface area contributed by atoms with Gasteiger partial charge in [-0.1, -0.05) is 0 Å². The number of hydrogen-bond donors (Lipinski definition) is 1. The summed E-state index contributed by atoms with van der Waals surface area (Å²) in [5.41, 5.74) is 6.87. The van der Waals surface area contributed by atoms with Crippen molar-refractivity contribution >= 4 is 21.6 Å². The minimum atomic E-state index is -0.428. The smallest absolute Gasteiger partial charge is 0.219 e. The highest BCUT2D eigenvalue weighted by molar-refractivity contribution is 9.10. The maximum Gasteiger partial charge on any atom is 0.219 e. The van der Waals surface area contributed by atoms with Crippen LogP contribution in [-0.2, 0) is 6.61 Å². The first-order valence-corrected chi connectivity index (χ1v) is 6.26. The second-order valence-electron chi connectivity index (χ2n) is 3.76. The van der Waals surface area contributed by atoms with Gasteiger partial charge in [0.05, 0.1) is 22.8 Å². The molecule has 0 radical (unpaired) electrons. The van der Waals surface area contributed by atoms with E-state index in [1.54, 1.807) is 12.3 Å². The Balaban J connectivity index is 2.17. The molecule has 19 heavy (non-hydrogen) atoms. The first-order valence-electron chi connectivity index (χ1n) is 5.47. The van der Waals surface area contributed by atoms with Crippen LogP contribution in [0.25, 0.3) is 0 Å². The zero-order valence-electron chi connectivity index (χ0n) is 10.2. The number of anilines is 1. The average molecular weight is 327 g/mol. The minimum absolute atomic E-state index is 0.197. The quantitative estimate of drug-likeness (QED) is 0.877. The third-order valence-electron chi connectivity index (χ3n) is 2.48. The van der Waals surface area contributed by atoms with Crippen molar-refractivity contribution in [3.63, 3.8) is 0 Å². The van der Waals surface area contributed by atoms with E-state index in [-0.39, 0.29) is 12.4 Å². The highest BCUT2D eigenvalue weighted by Gasteiger charge is 2.09. The highest BCUT2D eigenvalue weighted by atomic mass is 79.9. The molecular formula is C13H12BrFN2O2. The van der Waals surface area contributed by atoms with E-state index >= 15 is 0 Å². The number of halogens is 2. The fraction of sp³-hybridized carbons (Fsp3) is 0.154. The molecule has 2 rings (SSSR count). The molecule has 0 aliphatic heterocycles. The molecule has 0 aliphatic rings. The van der Waals surface area contributed by atoms with E-state index in [2.05, 4.69) is 20.9 Å². The molecule has 0 saturated heterocycles. The van der Waals surface area contributed by atoms with Crippen LogP contribution in [0, 0.1) is 5.82 Å². The Kier molecular flexibility index (Phi) is 4.21. The van der Waals surface area contributed by atoms with Crippen LogP contribution in [0.15, 0.2) is 34.9 Å². The normalized spacial score (nSPS) is 10.3. The van der Waals surface area contributed by atoms with Gasteiger partial charge < -0.3 is 15.2 Å². The van der Waals surface area contributed by atoms with Crippen molar-refractivity contribution in [1.29, 1.82) is 0 Å². The van der Waals surface area contributed by atoms with E-state index < -0.39 is 5.82 Å². The molecule has 0 amide bonds. The number of rotatable bonds is 4. The van der Waals surface area contributed by atoms with E-state index in [0.717, 1.165) is 5.56 Å². The second-order valence-corrected chi connectivity index (χ2v) is 4.62. The number of benzene rings is 1. The Bertz CT molecular complexity index is 593. The van der Waals surface area contributed by atoms with Crippen molar-refractivity contribution in [1.82, 2.24) is 4.98 Å². The molecule has 6 heteroatoms. The average Bonchev–Trinajstić information content (AvgIpc) is 2.41. The fourth-order valence-electron chi connectivity index (χ4n) is 1.54. The summed E-state index contributed by atoms with van der Waals surface area (Å²) >= 11 is 3.06. The van der Waals surface area contributed by atoms with Gasteiger partial charge in [-0.05, 0) is 34.1 Å². The number of pyridine rings is 1. The van der Waals surface area contributed by atoms with E-state index in [9.17, 15) is 4.39 Å². The molecule has 0 spiro atoms. The number of ether oxygens (including phenoxy) is 2. The van der Waals surface area contributed by atoms with Crippen LogP contribution in [-0.4, -0.2) is 12.1 Å². The van der Waals surface area contributed by atoms with Crippen LogP contribution in [0.3, 0.4) is 0 Å². The lowest BCUT2D eigenvalue weighted by Crippen LogP contribution is -2.02. The summed E-state index contributed by atoms with van der Waals surface area (Å²) in [6.45, 7) is 0.197. The van der Waals surface area contributed by atoms with Gasteiger partial charge in [-0.2, -0.15) is 0 Å². The van der Waals surface area contributed by atoms with Crippen LogP contribution >= 0.6 is 15.9 Å². The number of aromatic nitrogens is 1. The van der Waals surface area contributed by atoms with Gasteiger partial charge in [0.1, 0.15) is 18.2 Å². The fourth-order valence-corrected chi connectivity index (χ4v) is 1.90. The summed E-state index contributed by atoms with van der Waals surface area (Å²) in [7, 11) is 1.53. The van der Waals surface area contributed by atoms with Crippen LogP contribution in [0.5, 0.6) is 11.6 Å². The summed E-state index contributed by atoms with van der Waals surface area (Å²) in [5, 5.41) is 0. The lowest BCUT2D eigenvalue weighted by atomic mass is 10.2. The number of methoxy groups -OCH3 is 1. The third-order valence-corrected chi connectivity index (χ3v) is 3.09. The van der Waals surface area contributed by atoms with Crippen molar-refractivity contribution in [3.8, 4) is 11.6 Å². The zero-order chi connectivity index (χ0) is 13.8. The van der Waals surface area contributed by atoms with Crippen molar-refractivity contribution in [3.05, 3.63) is 46.3 Å². The first kappa shape index (κ1) is 13.6. The second kappa shape index (κ2) is 5.88. The number of nitrogens with zero attached hydrogens (tertiary/aromatic N) is 1. The Morgan fingerprint density at radius 1 is 1.42 bits per heavy atom. The summed E-state index contributed by atoms with van der Waals surface area (Å²) in [5.74, 6) is 0.326.